The maximum atomic E-state index is 6.18. The second-order valence-electron chi connectivity index (χ2n) is 11.4. The number of fused-ring (bicyclic) bond motifs is 9. The highest BCUT2D eigenvalue weighted by Crippen LogP contribution is 2.44. The van der Waals surface area contributed by atoms with E-state index in [1.165, 1.54) is 75.1 Å². The first-order chi connectivity index (χ1) is 20.6. The van der Waals surface area contributed by atoms with E-state index in [0.29, 0.717) is 0 Å². The molecule has 9 aromatic rings. The Hall–Kier alpha value is -4.92. The van der Waals surface area contributed by atoms with E-state index in [9.17, 15) is 0 Å². The molecule has 0 N–H and O–H groups in total. The molecular weight excluding hydrogens is 529 g/mol. The molecule has 0 spiro atoms. The molecule has 0 unspecified atom stereocenters. The highest BCUT2D eigenvalue weighted by molar-refractivity contribution is 7.25. The van der Waals surface area contributed by atoms with Crippen LogP contribution < -0.4 is 0 Å². The number of hydrogen-bond acceptors (Lipinski definition) is 2. The Kier molecular flexibility index (Phi) is 4.97. The molecule has 198 valence electrons. The van der Waals surface area contributed by atoms with Crippen LogP contribution in [-0.4, -0.2) is 0 Å². The summed E-state index contributed by atoms with van der Waals surface area (Å²) in [5, 5.41) is 10.1. The summed E-state index contributed by atoms with van der Waals surface area (Å²) >= 11 is 1.88. The lowest BCUT2D eigenvalue weighted by Gasteiger charge is -2.16. The molecule has 0 saturated carbocycles. The summed E-state index contributed by atoms with van der Waals surface area (Å²) < 4.78 is 8.84. The molecular formula is C40H26OS. The van der Waals surface area contributed by atoms with E-state index in [1.807, 2.05) is 23.5 Å². The standard InChI is InChI=1S/C40H26OS/c1-23-9-3-4-10-27(23)30-20-32-26(17-24(30)2)19-31(25-15-16-38-35(18-25)28-11-5-7-13-37(28)41-38)33-21-36-29-12-6-8-14-39(29)42-40(36)22-34(32)33/h3-22H,1-2H3. The summed E-state index contributed by atoms with van der Waals surface area (Å²) in [6.07, 6.45) is 0. The average Bonchev–Trinajstić information content (AvgIpc) is 3.57. The van der Waals surface area contributed by atoms with Gasteiger partial charge in [0.1, 0.15) is 11.2 Å². The van der Waals surface area contributed by atoms with E-state index in [1.54, 1.807) is 0 Å². The van der Waals surface area contributed by atoms with E-state index >= 15 is 0 Å². The van der Waals surface area contributed by atoms with Crippen LogP contribution in [0, 0.1) is 13.8 Å². The summed E-state index contributed by atoms with van der Waals surface area (Å²) in [5.74, 6) is 0. The molecule has 7 aromatic carbocycles. The average molecular weight is 555 g/mol. The minimum Gasteiger partial charge on any atom is -0.456 e. The Morgan fingerprint density at radius 3 is 2.12 bits per heavy atom. The first-order valence-corrected chi connectivity index (χ1v) is 15.2. The highest BCUT2D eigenvalue weighted by atomic mass is 32.1. The van der Waals surface area contributed by atoms with Gasteiger partial charge >= 0.3 is 0 Å². The Morgan fingerprint density at radius 1 is 0.429 bits per heavy atom. The van der Waals surface area contributed by atoms with Gasteiger partial charge in [-0.05, 0) is 117 Å². The zero-order chi connectivity index (χ0) is 27.9. The van der Waals surface area contributed by atoms with Crippen LogP contribution in [0.2, 0.25) is 0 Å². The third kappa shape index (κ3) is 3.42. The van der Waals surface area contributed by atoms with Gasteiger partial charge < -0.3 is 4.42 Å². The fourth-order valence-corrected chi connectivity index (χ4v) is 7.96. The third-order valence-corrected chi connectivity index (χ3v) is 10.1. The number of aryl methyl sites for hydroxylation is 2. The van der Waals surface area contributed by atoms with Crippen LogP contribution in [-0.2, 0) is 0 Å². The molecule has 0 amide bonds. The van der Waals surface area contributed by atoms with Crippen molar-refractivity contribution < 1.29 is 4.42 Å². The molecule has 0 fully saturated rings. The first kappa shape index (κ1) is 23.8. The van der Waals surface area contributed by atoms with Crippen molar-refractivity contribution in [2.24, 2.45) is 0 Å². The maximum Gasteiger partial charge on any atom is 0.135 e. The fourth-order valence-electron chi connectivity index (χ4n) is 6.83. The Labute approximate surface area is 247 Å². The summed E-state index contributed by atoms with van der Waals surface area (Å²) in [4.78, 5) is 0. The van der Waals surface area contributed by atoms with Crippen LogP contribution in [0.4, 0.5) is 0 Å². The quantitative estimate of drug-likeness (QED) is 0.194. The van der Waals surface area contributed by atoms with E-state index in [2.05, 4.69) is 123 Å². The number of furan rings is 1. The summed E-state index contributed by atoms with van der Waals surface area (Å²) in [6.45, 7) is 4.45. The summed E-state index contributed by atoms with van der Waals surface area (Å²) in [7, 11) is 0. The van der Waals surface area contributed by atoms with Gasteiger partial charge in [0.15, 0.2) is 0 Å². The largest absolute Gasteiger partial charge is 0.456 e. The van der Waals surface area contributed by atoms with Crippen LogP contribution in [0.5, 0.6) is 0 Å². The fraction of sp³-hybridized carbons (Fsp3) is 0.0500. The van der Waals surface area contributed by atoms with E-state index in [-0.39, 0.29) is 0 Å². The number of thiophene rings is 1. The van der Waals surface area contributed by atoms with Crippen LogP contribution in [0.15, 0.2) is 126 Å². The SMILES string of the molecule is Cc1ccccc1-c1cc2c(cc1C)cc(-c1ccc3oc4ccccc4c3c1)c1cc3c(cc12)sc1ccccc13. The van der Waals surface area contributed by atoms with Crippen LogP contribution in [0.3, 0.4) is 0 Å². The highest BCUT2D eigenvalue weighted by Gasteiger charge is 2.17. The Balaban J connectivity index is 1.41. The molecule has 0 saturated heterocycles. The van der Waals surface area contributed by atoms with Crippen LogP contribution >= 0.6 is 11.3 Å². The number of hydrogen-bond donors (Lipinski definition) is 0. The maximum absolute atomic E-state index is 6.18. The molecule has 42 heavy (non-hydrogen) atoms. The van der Waals surface area contributed by atoms with Crippen LogP contribution in [0.1, 0.15) is 11.1 Å². The van der Waals surface area contributed by atoms with Crippen LogP contribution in [0.25, 0.3) is 85.9 Å². The van der Waals surface area contributed by atoms with Crippen molar-refractivity contribution in [1.82, 2.24) is 0 Å². The molecule has 2 aromatic heterocycles. The predicted molar refractivity (Wildman–Crippen MR) is 182 cm³/mol. The molecule has 0 bridgehead atoms. The summed E-state index contributed by atoms with van der Waals surface area (Å²) in [6, 6.07) is 44.5. The number of para-hydroxylation sites is 1. The Morgan fingerprint density at radius 2 is 1.21 bits per heavy atom. The second-order valence-corrected chi connectivity index (χ2v) is 12.5. The molecule has 2 heteroatoms. The monoisotopic (exact) mass is 554 g/mol. The molecule has 9 rings (SSSR count). The van der Waals surface area contributed by atoms with Gasteiger partial charge in [-0.3, -0.25) is 0 Å². The summed E-state index contributed by atoms with van der Waals surface area (Å²) in [5.41, 5.74) is 9.51. The van der Waals surface area contributed by atoms with Gasteiger partial charge in [0.2, 0.25) is 0 Å². The Bertz CT molecular complexity index is 2540. The molecule has 1 nitrogen and oxygen atoms in total. The minimum atomic E-state index is 0.926. The zero-order valence-electron chi connectivity index (χ0n) is 23.4. The number of rotatable bonds is 2. The lowest BCUT2D eigenvalue weighted by Crippen LogP contribution is -1.90. The van der Waals surface area contributed by atoms with Gasteiger partial charge in [0, 0.05) is 30.9 Å². The zero-order valence-corrected chi connectivity index (χ0v) is 24.2. The lowest BCUT2D eigenvalue weighted by atomic mass is 9.88. The molecule has 0 aliphatic rings. The van der Waals surface area contributed by atoms with Gasteiger partial charge in [-0.1, -0.05) is 72.8 Å². The van der Waals surface area contributed by atoms with E-state index < -0.39 is 0 Å². The van der Waals surface area contributed by atoms with Gasteiger partial charge in [0.05, 0.1) is 0 Å². The minimum absolute atomic E-state index is 0.926. The lowest BCUT2D eigenvalue weighted by molar-refractivity contribution is 0.669. The van der Waals surface area contributed by atoms with Crippen molar-refractivity contribution in [3.8, 4) is 22.3 Å². The van der Waals surface area contributed by atoms with Gasteiger partial charge in [-0.25, -0.2) is 0 Å². The molecule has 2 heterocycles. The number of benzene rings is 7. The molecule has 0 aliphatic carbocycles. The molecule has 0 aliphatic heterocycles. The molecule has 0 radical (unpaired) electrons. The smallest absolute Gasteiger partial charge is 0.135 e. The second kappa shape index (κ2) is 8.79. The van der Waals surface area contributed by atoms with Crippen molar-refractivity contribution >= 4 is 75.0 Å². The van der Waals surface area contributed by atoms with Gasteiger partial charge in [-0.15, -0.1) is 11.3 Å². The topological polar surface area (TPSA) is 13.1 Å². The normalized spacial score (nSPS) is 12.0. The first-order valence-electron chi connectivity index (χ1n) is 14.4. The molecule has 0 atom stereocenters. The van der Waals surface area contributed by atoms with Crippen molar-refractivity contribution in [2.45, 2.75) is 13.8 Å². The van der Waals surface area contributed by atoms with Crippen molar-refractivity contribution in [3.05, 3.63) is 132 Å². The van der Waals surface area contributed by atoms with Crippen molar-refractivity contribution in [3.63, 3.8) is 0 Å². The van der Waals surface area contributed by atoms with Crippen molar-refractivity contribution in [1.29, 1.82) is 0 Å². The van der Waals surface area contributed by atoms with Gasteiger partial charge in [-0.2, -0.15) is 0 Å². The van der Waals surface area contributed by atoms with Crippen molar-refractivity contribution in [2.75, 3.05) is 0 Å². The predicted octanol–water partition coefficient (Wildman–Crippen LogP) is 12.2. The third-order valence-electron chi connectivity index (χ3n) is 8.92. The van der Waals surface area contributed by atoms with Gasteiger partial charge in [0.25, 0.3) is 0 Å². The van der Waals surface area contributed by atoms with E-state index in [4.69, 9.17) is 4.42 Å². The van der Waals surface area contributed by atoms with E-state index in [0.717, 1.165) is 21.9 Å².